The first-order valence-electron chi connectivity index (χ1n) is 5.93. The van der Waals surface area contributed by atoms with E-state index in [-0.39, 0.29) is 22.4 Å². The van der Waals surface area contributed by atoms with Gasteiger partial charge >= 0.3 is 12.1 Å². The Kier molecular flexibility index (Phi) is 3.88. The first kappa shape index (κ1) is 14.9. The van der Waals surface area contributed by atoms with E-state index in [9.17, 15) is 23.1 Å². The van der Waals surface area contributed by atoms with Gasteiger partial charge in [-0.25, -0.2) is 4.79 Å². The van der Waals surface area contributed by atoms with Crippen LogP contribution in [0.3, 0.4) is 0 Å². The van der Waals surface area contributed by atoms with Crippen LogP contribution in [0, 0.1) is 0 Å². The van der Waals surface area contributed by atoms with Crippen molar-refractivity contribution in [2.24, 2.45) is 0 Å². The Labute approximate surface area is 118 Å². The second-order valence-corrected chi connectivity index (χ2v) is 4.23. The molecule has 0 unspecified atom stereocenters. The van der Waals surface area contributed by atoms with E-state index in [0.29, 0.717) is 0 Å². The summed E-state index contributed by atoms with van der Waals surface area (Å²) in [6.07, 6.45) is -4.57. The van der Waals surface area contributed by atoms with Crippen molar-refractivity contribution < 1.29 is 27.8 Å². The second-order valence-electron chi connectivity index (χ2n) is 4.23. The quantitative estimate of drug-likeness (QED) is 0.928. The highest BCUT2D eigenvalue weighted by Gasteiger charge is 2.34. The number of alkyl halides is 3. The van der Waals surface area contributed by atoms with Gasteiger partial charge in [0.15, 0.2) is 0 Å². The lowest BCUT2D eigenvalue weighted by atomic mass is 9.94. The molecule has 2 aromatic rings. The molecule has 0 aliphatic carbocycles. The standard InChI is InChI=1S/C15H11F3O3/c1-21-12-8-4-6-10(13(12)14(19)20)9-5-2-3-7-11(9)15(16,17)18/h2-8H,1H3,(H,19,20). The SMILES string of the molecule is COc1cccc(-c2ccccc2C(F)(F)F)c1C(=O)O. The molecule has 2 rings (SSSR count). The molecule has 0 amide bonds. The monoisotopic (exact) mass is 296 g/mol. The molecule has 0 saturated carbocycles. The second kappa shape index (κ2) is 5.47. The normalized spacial score (nSPS) is 11.2. The summed E-state index contributed by atoms with van der Waals surface area (Å²) < 4.78 is 44.1. The third-order valence-corrected chi connectivity index (χ3v) is 2.98. The topological polar surface area (TPSA) is 46.5 Å². The number of ether oxygens (including phenoxy) is 1. The number of methoxy groups -OCH3 is 1. The summed E-state index contributed by atoms with van der Waals surface area (Å²) in [5.74, 6) is -1.34. The third kappa shape index (κ3) is 2.84. The number of halogens is 3. The van der Waals surface area contributed by atoms with E-state index < -0.39 is 17.7 Å². The minimum atomic E-state index is -4.57. The van der Waals surface area contributed by atoms with Crippen molar-refractivity contribution in [2.75, 3.05) is 7.11 Å². The molecule has 6 heteroatoms. The van der Waals surface area contributed by atoms with Crippen LogP contribution in [0.4, 0.5) is 13.2 Å². The molecule has 0 atom stereocenters. The third-order valence-electron chi connectivity index (χ3n) is 2.98. The molecule has 0 saturated heterocycles. The van der Waals surface area contributed by atoms with Gasteiger partial charge in [0.2, 0.25) is 0 Å². The van der Waals surface area contributed by atoms with E-state index in [2.05, 4.69) is 0 Å². The van der Waals surface area contributed by atoms with Crippen LogP contribution >= 0.6 is 0 Å². The van der Waals surface area contributed by atoms with E-state index >= 15 is 0 Å². The smallest absolute Gasteiger partial charge is 0.417 e. The first-order valence-corrected chi connectivity index (χ1v) is 5.93. The highest BCUT2D eigenvalue weighted by Crippen LogP contribution is 2.39. The van der Waals surface area contributed by atoms with Crippen LogP contribution in [-0.4, -0.2) is 18.2 Å². The highest BCUT2D eigenvalue weighted by molar-refractivity contribution is 5.99. The average molecular weight is 296 g/mol. The van der Waals surface area contributed by atoms with Crippen LogP contribution in [0.25, 0.3) is 11.1 Å². The van der Waals surface area contributed by atoms with E-state index in [1.165, 1.54) is 43.5 Å². The Morgan fingerprint density at radius 2 is 1.67 bits per heavy atom. The number of carboxylic acid groups (broad SMARTS) is 1. The summed E-state index contributed by atoms with van der Waals surface area (Å²) in [6.45, 7) is 0. The van der Waals surface area contributed by atoms with Crippen molar-refractivity contribution in [3.05, 3.63) is 53.6 Å². The van der Waals surface area contributed by atoms with Crippen molar-refractivity contribution in [3.8, 4) is 16.9 Å². The van der Waals surface area contributed by atoms with Crippen molar-refractivity contribution in [1.29, 1.82) is 0 Å². The van der Waals surface area contributed by atoms with Crippen molar-refractivity contribution in [1.82, 2.24) is 0 Å². The summed E-state index contributed by atoms with van der Waals surface area (Å²) in [6, 6.07) is 9.01. The molecule has 0 bridgehead atoms. The molecular formula is C15H11F3O3. The van der Waals surface area contributed by atoms with Crippen LogP contribution in [0.5, 0.6) is 5.75 Å². The van der Waals surface area contributed by atoms with Crippen LogP contribution < -0.4 is 4.74 Å². The fourth-order valence-electron chi connectivity index (χ4n) is 2.11. The lowest BCUT2D eigenvalue weighted by Gasteiger charge is -2.16. The molecule has 0 aromatic heterocycles. The van der Waals surface area contributed by atoms with Crippen LogP contribution in [0.15, 0.2) is 42.5 Å². The molecule has 1 N–H and O–H groups in total. The minimum Gasteiger partial charge on any atom is -0.496 e. The number of carboxylic acids is 1. The fraction of sp³-hybridized carbons (Fsp3) is 0.133. The number of aromatic carboxylic acids is 1. The predicted molar refractivity (Wildman–Crippen MR) is 70.4 cm³/mol. The van der Waals surface area contributed by atoms with Gasteiger partial charge in [0, 0.05) is 5.56 Å². The molecule has 0 fully saturated rings. The first-order chi connectivity index (χ1) is 9.86. The van der Waals surface area contributed by atoms with E-state index in [0.717, 1.165) is 6.07 Å². The Hall–Kier alpha value is -2.50. The molecule has 21 heavy (non-hydrogen) atoms. The Balaban J connectivity index is 2.77. The van der Waals surface area contributed by atoms with Gasteiger partial charge in [-0.05, 0) is 17.7 Å². The molecular weight excluding hydrogens is 285 g/mol. The number of benzene rings is 2. The van der Waals surface area contributed by atoms with Gasteiger partial charge in [0.25, 0.3) is 0 Å². The van der Waals surface area contributed by atoms with Gasteiger partial charge in [-0.1, -0.05) is 30.3 Å². The van der Waals surface area contributed by atoms with E-state index in [1.807, 2.05) is 0 Å². The van der Waals surface area contributed by atoms with Crippen LogP contribution in [-0.2, 0) is 6.18 Å². The summed E-state index contributed by atoms with van der Waals surface area (Å²) in [7, 11) is 1.27. The van der Waals surface area contributed by atoms with Gasteiger partial charge in [-0.15, -0.1) is 0 Å². The average Bonchev–Trinajstić information content (AvgIpc) is 2.45. The van der Waals surface area contributed by atoms with Gasteiger partial charge in [-0.2, -0.15) is 13.2 Å². The summed E-state index contributed by atoms with van der Waals surface area (Å²) in [5.41, 5.74) is -1.41. The zero-order valence-corrected chi connectivity index (χ0v) is 10.9. The van der Waals surface area contributed by atoms with Crippen molar-refractivity contribution >= 4 is 5.97 Å². The minimum absolute atomic E-state index is 0.0111. The van der Waals surface area contributed by atoms with E-state index in [1.54, 1.807) is 0 Å². The summed E-state index contributed by atoms with van der Waals surface area (Å²) >= 11 is 0. The largest absolute Gasteiger partial charge is 0.496 e. The zero-order valence-electron chi connectivity index (χ0n) is 10.9. The number of hydrogen-bond donors (Lipinski definition) is 1. The maximum Gasteiger partial charge on any atom is 0.417 e. The molecule has 0 aliphatic heterocycles. The molecule has 0 heterocycles. The van der Waals surface area contributed by atoms with Gasteiger partial charge in [0.1, 0.15) is 11.3 Å². The molecule has 0 spiro atoms. The summed E-state index contributed by atoms with van der Waals surface area (Å²) in [4.78, 5) is 11.4. The van der Waals surface area contributed by atoms with E-state index in [4.69, 9.17) is 4.74 Å². The lowest BCUT2D eigenvalue weighted by molar-refractivity contribution is -0.137. The molecule has 0 aliphatic rings. The molecule has 0 radical (unpaired) electrons. The number of rotatable bonds is 3. The maximum absolute atomic E-state index is 13.1. The molecule has 2 aromatic carbocycles. The fourth-order valence-corrected chi connectivity index (χ4v) is 2.11. The number of hydrogen-bond acceptors (Lipinski definition) is 2. The number of carbonyl (C=O) groups is 1. The lowest BCUT2D eigenvalue weighted by Crippen LogP contribution is -2.09. The summed E-state index contributed by atoms with van der Waals surface area (Å²) in [5, 5.41) is 9.27. The van der Waals surface area contributed by atoms with Crippen molar-refractivity contribution in [3.63, 3.8) is 0 Å². The maximum atomic E-state index is 13.1. The highest BCUT2D eigenvalue weighted by atomic mass is 19.4. The zero-order chi connectivity index (χ0) is 15.6. The van der Waals surface area contributed by atoms with Crippen LogP contribution in [0.2, 0.25) is 0 Å². The molecule has 110 valence electrons. The van der Waals surface area contributed by atoms with Gasteiger partial charge in [-0.3, -0.25) is 0 Å². The van der Waals surface area contributed by atoms with Crippen molar-refractivity contribution in [2.45, 2.75) is 6.18 Å². The Morgan fingerprint density at radius 1 is 1.05 bits per heavy atom. The van der Waals surface area contributed by atoms with Crippen LogP contribution in [0.1, 0.15) is 15.9 Å². The predicted octanol–water partition coefficient (Wildman–Crippen LogP) is 4.08. The molecule has 3 nitrogen and oxygen atoms in total. The van der Waals surface area contributed by atoms with Gasteiger partial charge in [0.05, 0.1) is 12.7 Å². The van der Waals surface area contributed by atoms with Gasteiger partial charge < -0.3 is 9.84 Å². The Bertz CT molecular complexity index is 678. The Morgan fingerprint density at radius 3 is 2.24 bits per heavy atom.